The Morgan fingerprint density at radius 3 is 1.80 bits per heavy atom. The van der Waals surface area contributed by atoms with Crippen molar-refractivity contribution in [2.24, 2.45) is 0 Å². The second-order valence-electron chi connectivity index (χ2n) is 2.65. The monoisotopic (exact) mass is 220 g/mol. The fourth-order valence-electron chi connectivity index (χ4n) is 1.11. The van der Waals surface area contributed by atoms with E-state index in [4.69, 9.17) is 0 Å². The molecule has 0 fully saturated rings. The van der Waals surface area contributed by atoms with Crippen molar-refractivity contribution in [3.05, 3.63) is 47.6 Å². The van der Waals surface area contributed by atoms with Crippen LogP contribution in [0.3, 0.4) is 0 Å². The van der Waals surface area contributed by atoms with Crippen LogP contribution in [0, 0.1) is 23.3 Å². The Labute approximate surface area is 82.3 Å². The van der Waals surface area contributed by atoms with Gasteiger partial charge >= 0.3 is 0 Å². The summed E-state index contributed by atoms with van der Waals surface area (Å²) in [6.07, 6.45) is 0.682. The molecule has 0 saturated heterocycles. The van der Waals surface area contributed by atoms with Crippen LogP contribution in [0.25, 0.3) is 11.9 Å². The van der Waals surface area contributed by atoms with Crippen LogP contribution in [-0.4, -0.2) is 0 Å². The average molecular weight is 220 g/mol. The molecule has 0 nitrogen and oxygen atoms in total. The van der Waals surface area contributed by atoms with Crippen molar-refractivity contribution < 1.29 is 22.0 Å². The van der Waals surface area contributed by atoms with E-state index in [2.05, 4.69) is 13.2 Å². The molecule has 5 heteroatoms. The molecule has 0 N–H and O–H groups in total. The van der Waals surface area contributed by atoms with Crippen molar-refractivity contribution in [2.75, 3.05) is 0 Å². The summed E-state index contributed by atoms with van der Waals surface area (Å²) in [5.74, 6) is -9.01. The number of benzene rings is 1. The molecule has 0 spiro atoms. The van der Waals surface area contributed by atoms with Crippen molar-refractivity contribution in [3.63, 3.8) is 0 Å². The van der Waals surface area contributed by atoms with E-state index in [1.165, 1.54) is 0 Å². The predicted octanol–water partition coefficient (Wildman–Crippen LogP) is 3.83. The number of hydrogen-bond acceptors (Lipinski definition) is 0. The lowest BCUT2D eigenvalue weighted by molar-refractivity contribution is 0.405. The van der Waals surface area contributed by atoms with Crippen molar-refractivity contribution in [2.45, 2.75) is 0 Å². The minimum absolute atomic E-state index is 0.682. The summed E-state index contributed by atoms with van der Waals surface area (Å²) in [4.78, 5) is 0. The molecule has 0 bridgehead atoms. The Morgan fingerprint density at radius 2 is 1.40 bits per heavy atom. The maximum Gasteiger partial charge on any atom is 0.198 e. The SMILES string of the molecule is C=Cc1c(F)c(F)c(F)c(F)c1C(=C)F. The van der Waals surface area contributed by atoms with Crippen molar-refractivity contribution in [1.82, 2.24) is 0 Å². The Kier molecular flexibility index (Phi) is 2.93. The summed E-state index contributed by atoms with van der Waals surface area (Å²) >= 11 is 0. The molecule has 0 aromatic heterocycles. The van der Waals surface area contributed by atoms with Gasteiger partial charge in [0.05, 0.1) is 5.56 Å². The van der Waals surface area contributed by atoms with Gasteiger partial charge in [-0.2, -0.15) is 0 Å². The second kappa shape index (κ2) is 3.84. The van der Waals surface area contributed by atoms with E-state index in [-0.39, 0.29) is 0 Å². The highest BCUT2D eigenvalue weighted by atomic mass is 19.2. The van der Waals surface area contributed by atoms with E-state index in [0.29, 0.717) is 6.08 Å². The highest BCUT2D eigenvalue weighted by Crippen LogP contribution is 2.29. The third kappa shape index (κ3) is 1.65. The first-order valence-electron chi connectivity index (χ1n) is 3.75. The van der Waals surface area contributed by atoms with Crippen molar-refractivity contribution in [1.29, 1.82) is 0 Å². The molecular weight excluding hydrogens is 215 g/mol. The molecule has 0 radical (unpaired) electrons. The molecule has 0 unspecified atom stereocenters. The van der Waals surface area contributed by atoms with E-state index >= 15 is 0 Å². The smallest absolute Gasteiger partial charge is 0.198 e. The van der Waals surface area contributed by atoms with Crippen molar-refractivity contribution in [3.8, 4) is 0 Å². The lowest BCUT2D eigenvalue weighted by Crippen LogP contribution is -2.04. The van der Waals surface area contributed by atoms with Gasteiger partial charge in [-0.05, 0) is 0 Å². The van der Waals surface area contributed by atoms with Gasteiger partial charge in [0.1, 0.15) is 5.83 Å². The zero-order valence-corrected chi connectivity index (χ0v) is 7.38. The molecule has 0 heterocycles. The zero-order valence-electron chi connectivity index (χ0n) is 7.38. The summed E-state index contributed by atoms with van der Waals surface area (Å²) in [5, 5.41) is 0. The Hall–Kier alpha value is -1.65. The lowest BCUT2D eigenvalue weighted by atomic mass is 10.0. The highest BCUT2D eigenvalue weighted by molar-refractivity contribution is 5.69. The van der Waals surface area contributed by atoms with E-state index in [9.17, 15) is 22.0 Å². The molecule has 1 aromatic carbocycles. The first-order chi connectivity index (χ1) is 6.91. The van der Waals surface area contributed by atoms with Crippen LogP contribution in [0.4, 0.5) is 22.0 Å². The van der Waals surface area contributed by atoms with Gasteiger partial charge in [0, 0.05) is 5.56 Å². The minimum atomic E-state index is -2.08. The van der Waals surface area contributed by atoms with E-state index < -0.39 is 40.2 Å². The molecule has 0 aliphatic carbocycles. The second-order valence-corrected chi connectivity index (χ2v) is 2.65. The standard InChI is InChI=1S/C10H5F5/c1-3-5-6(4(2)11)8(13)10(15)9(14)7(5)12/h3H,1-2H2. The molecule has 0 aliphatic rings. The normalized spacial score (nSPS) is 10.2. The molecule has 1 aromatic rings. The Bertz CT molecular complexity index is 448. The first-order valence-corrected chi connectivity index (χ1v) is 3.75. The Morgan fingerprint density at radius 1 is 0.933 bits per heavy atom. The van der Waals surface area contributed by atoms with Gasteiger partial charge in [-0.15, -0.1) is 0 Å². The highest BCUT2D eigenvalue weighted by Gasteiger charge is 2.25. The summed E-state index contributed by atoms with van der Waals surface area (Å²) in [6, 6.07) is 0. The molecule has 0 saturated carbocycles. The van der Waals surface area contributed by atoms with Gasteiger partial charge in [0.25, 0.3) is 0 Å². The fraction of sp³-hybridized carbons (Fsp3) is 0. The topological polar surface area (TPSA) is 0 Å². The summed E-state index contributed by atoms with van der Waals surface area (Å²) in [5.41, 5.74) is -1.85. The van der Waals surface area contributed by atoms with Gasteiger partial charge in [-0.3, -0.25) is 0 Å². The number of halogens is 5. The van der Waals surface area contributed by atoms with Crippen LogP contribution in [0.1, 0.15) is 11.1 Å². The third-order valence-electron chi connectivity index (χ3n) is 1.78. The minimum Gasteiger partial charge on any atom is -0.207 e. The van der Waals surface area contributed by atoms with Crippen LogP contribution in [0.15, 0.2) is 13.2 Å². The van der Waals surface area contributed by atoms with Crippen molar-refractivity contribution >= 4 is 11.9 Å². The van der Waals surface area contributed by atoms with E-state index in [1.54, 1.807) is 0 Å². The molecule has 0 atom stereocenters. The third-order valence-corrected chi connectivity index (χ3v) is 1.78. The average Bonchev–Trinajstić information content (AvgIpc) is 2.19. The fourth-order valence-corrected chi connectivity index (χ4v) is 1.11. The molecule has 15 heavy (non-hydrogen) atoms. The molecular formula is C10H5F5. The largest absolute Gasteiger partial charge is 0.207 e. The van der Waals surface area contributed by atoms with Crippen LogP contribution in [-0.2, 0) is 0 Å². The van der Waals surface area contributed by atoms with E-state index in [0.717, 1.165) is 0 Å². The van der Waals surface area contributed by atoms with Gasteiger partial charge in [-0.1, -0.05) is 19.2 Å². The predicted molar refractivity (Wildman–Crippen MR) is 46.5 cm³/mol. The maximum atomic E-state index is 13.0. The quantitative estimate of drug-likeness (QED) is 0.403. The molecule has 0 amide bonds. The van der Waals surface area contributed by atoms with Gasteiger partial charge in [0.2, 0.25) is 0 Å². The zero-order chi connectivity index (χ0) is 11.7. The lowest BCUT2D eigenvalue weighted by Gasteiger charge is -2.08. The number of rotatable bonds is 2. The molecule has 0 aliphatic heterocycles. The van der Waals surface area contributed by atoms with Gasteiger partial charge in [0.15, 0.2) is 23.3 Å². The first kappa shape index (κ1) is 11.4. The van der Waals surface area contributed by atoms with E-state index in [1.807, 2.05) is 0 Å². The Balaban J connectivity index is 3.78. The van der Waals surface area contributed by atoms with Crippen LogP contribution in [0.5, 0.6) is 0 Å². The molecule has 1 rings (SSSR count). The maximum absolute atomic E-state index is 13.0. The van der Waals surface area contributed by atoms with Gasteiger partial charge in [-0.25, -0.2) is 22.0 Å². The summed E-state index contributed by atoms with van der Waals surface area (Å²) in [6.45, 7) is 5.74. The van der Waals surface area contributed by atoms with Crippen LogP contribution < -0.4 is 0 Å². The summed E-state index contributed by atoms with van der Waals surface area (Å²) in [7, 11) is 0. The van der Waals surface area contributed by atoms with Gasteiger partial charge < -0.3 is 0 Å². The summed E-state index contributed by atoms with van der Waals surface area (Å²) < 4.78 is 64.1. The van der Waals surface area contributed by atoms with Crippen LogP contribution in [0.2, 0.25) is 0 Å². The van der Waals surface area contributed by atoms with Crippen LogP contribution >= 0.6 is 0 Å². The number of hydrogen-bond donors (Lipinski definition) is 0. The molecule has 80 valence electrons.